The molecule has 0 unspecified atom stereocenters. The second-order valence-corrected chi connectivity index (χ2v) is 3.82. The van der Waals surface area contributed by atoms with Gasteiger partial charge in [0.25, 0.3) is 0 Å². The highest BCUT2D eigenvalue weighted by Gasteiger charge is 2.23. The molecular formula is C11H13N3. The van der Waals surface area contributed by atoms with E-state index in [2.05, 4.69) is 16.0 Å². The minimum Gasteiger partial charge on any atom is -0.359 e. The maximum Gasteiger partial charge on any atom is 0.142 e. The number of hydrogen-bond acceptors (Lipinski definition) is 3. The van der Waals surface area contributed by atoms with Gasteiger partial charge < -0.3 is 4.90 Å². The van der Waals surface area contributed by atoms with Gasteiger partial charge in [-0.3, -0.25) is 0 Å². The maximum absolute atomic E-state index is 8.71. The first-order valence-electron chi connectivity index (χ1n) is 4.88. The summed E-state index contributed by atoms with van der Waals surface area (Å²) < 4.78 is 0. The van der Waals surface area contributed by atoms with Gasteiger partial charge in [-0.05, 0) is 30.9 Å². The standard InChI is InChI=1S/C11H13N3/c1-14(8-9-5-6-9)11-4-2-3-10(7-12)13-11/h2-4,9H,5-6,8H2,1H3. The molecule has 1 heterocycles. The molecule has 0 N–H and O–H groups in total. The summed E-state index contributed by atoms with van der Waals surface area (Å²) in [6.45, 7) is 1.06. The van der Waals surface area contributed by atoms with Crippen LogP contribution < -0.4 is 4.90 Å². The van der Waals surface area contributed by atoms with Gasteiger partial charge in [-0.2, -0.15) is 5.26 Å². The van der Waals surface area contributed by atoms with E-state index >= 15 is 0 Å². The van der Waals surface area contributed by atoms with Crippen LogP contribution in [0.4, 0.5) is 5.82 Å². The fraction of sp³-hybridized carbons (Fsp3) is 0.455. The lowest BCUT2D eigenvalue weighted by molar-refractivity contribution is 0.777. The molecule has 0 aromatic carbocycles. The minimum absolute atomic E-state index is 0.491. The molecule has 0 saturated heterocycles. The smallest absolute Gasteiger partial charge is 0.142 e. The average molecular weight is 187 g/mol. The third kappa shape index (κ3) is 2.02. The number of nitrogens with zero attached hydrogens (tertiary/aromatic N) is 3. The molecule has 0 aliphatic heterocycles. The average Bonchev–Trinajstić information content (AvgIpc) is 3.02. The molecule has 72 valence electrons. The zero-order valence-corrected chi connectivity index (χ0v) is 8.27. The molecule has 1 aromatic heterocycles. The van der Waals surface area contributed by atoms with Crippen LogP contribution in [0.2, 0.25) is 0 Å². The zero-order chi connectivity index (χ0) is 9.97. The Kier molecular flexibility index (Phi) is 2.36. The highest BCUT2D eigenvalue weighted by molar-refractivity contribution is 5.40. The second kappa shape index (κ2) is 3.67. The quantitative estimate of drug-likeness (QED) is 0.724. The summed E-state index contributed by atoms with van der Waals surface area (Å²) in [6.07, 6.45) is 2.67. The number of hydrogen-bond donors (Lipinski definition) is 0. The molecule has 3 heteroatoms. The Morgan fingerprint density at radius 2 is 2.36 bits per heavy atom. The highest BCUT2D eigenvalue weighted by Crippen LogP contribution is 2.30. The molecule has 0 bridgehead atoms. The third-order valence-corrected chi connectivity index (χ3v) is 2.47. The predicted molar refractivity (Wildman–Crippen MR) is 54.9 cm³/mol. The lowest BCUT2D eigenvalue weighted by Crippen LogP contribution is -2.21. The van der Waals surface area contributed by atoms with Gasteiger partial charge >= 0.3 is 0 Å². The molecular weight excluding hydrogens is 174 g/mol. The number of anilines is 1. The van der Waals surface area contributed by atoms with Crippen molar-refractivity contribution in [1.82, 2.24) is 4.98 Å². The lowest BCUT2D eigenvalue weighted by Gasteiger charge is -2.17. The van der Waals surface area contributed by atoms with Gasteiger partial charge in [-0.25, -0.2) is 4.98 Å². The van der Waals surface area contributed by atoms with Gasteiger partial charge in [-0.15, -0.1) is 0 Å². The van der Waals surface area contributed by atoms with Crippen LogP contribution >= 0.6 is 0 Å². The van der Waals surface area contributed by atoms with Crippen LogP contribution in [0.15, 0.2) is 18.2 Å². The summed E-state index contributed by atoms with van der Waals surface area (Å²) in [4.78, 5) is 6.36. The molecule has 0 atom stereocenters. The molecule has 2 rings (SSSR count). The van der Waals surface area contributed by atoms with E-state index in [9.17, 15) is 0 Å². The van der Waals surface area contributed by atoms with Crippen molar-refractivity contribution in [3.63, 3.8) is 0 Å². The van der Waals surface area contributed by atoms with Crippen molar-refractivity contribution >= 4 is 5.82 Å². The Morgan fingerprint density at radius 1 is 1.57 bits per heavy atom. The molecule has 0 amide bonds. The van der Waals surface area contributed by atoms with Crippen LogP contribution in [0.3, 0.4) is 0 Å². The van der Waals surface area contributed by atoms with E-state index in [1.165, 1.54) is 12.8 Å². The topological polar surface area (TPSA) is 39.9 Å². The SMILES string of the molecule is CN(CC1CC1)c1cccc(C#N)n1. The van der Waals surface area contributed by atoms with Gasteiger partial charge in [0.1, 0.15) is 17.6 Å². The normalized spacial score (nSPS) is 14.9. The Hall–Kier alpha value is -1.56. The van der Waals surface area contributed by atoms with E-state index in [1.54, 1.807) is 6.07 Å². The first-order chi connectivity index (χ1) is 6.79. The summed E-state index contributed by atoms with van der Waals surface area (Å²) in [5, 5.41) is 8.71. The van der Waals surface area contributed by atoms with Crippen LogP contribution in [0.5, 0.6) is 0 Å². The molecule has 14 heavy (non-hydrogen) atoms. The molecule has 1 aliphatic rings. The lowest BCUT2D eigenvalue weighted by atomic mass is 10.3. The summed E-state index contributed by atoms with van der Waals surface area (Å²) >= 11 is 0. The summed E-state index contributed by atoms with van der Waals surface area (Å²) in [5.74, 6) is 1.74. The zero-order valence-electron chi connectivity index (χ0n) is 8.27. The van der Waals surface area contributed by atoms with Gasteiger partial charge in [0.05, 0.1) is 0 Å². The van der Waals surface area contributed by atoms with Gasteiger partial charge in [0.2, 0.25) is 0 Å². The van der Waals surface area contributed by atoms with E-state index in [-0.39, 0.29) is 0 Å². The van der Waals surface area contributed by atoms with E-state index in [0.29, 0.717) is 5.69 Å². The van der Waals surface area contributed by atoms with Crippen LogP contribution in [0.25, 0.3) is 0 Å². The number of rotatable bonds is 3. The first-order valence-corrected chi connectivity index (χ1v) is 4.88. The molecule has 0 spiro atoms. The van der Waals surface area contributed by atoms with E-state index < -0.39 is 0 Å². The fourth-order valence-electron chi connectivity index (χ4n) is 1.48. The monoisotopic (exact) mass is 187 g/mol. The molecule has 1 aromatic rings. The molecule has 1 aliphatic carbocycles. The predicted octanol–water partition coefficient (Wildman–Crippen LogP) is 1.80. The third-order valence-electron chi connectivity index (χ3n) is 2.47. The van der Waals surface area contributed by atoms with Gasteiger partial charge in [-0.1, -0.05) is 6.07 Å². The molecule has 1 fully saturated rings. The molecule has 0 radical (unpaired) electrons. The molecule has 3 nitrogen and oxygen atoms in total. The second-order valence-electron chi connectivity index (χ2n) is 3.82. The van der Waals surface area contributed by atoms with Gasteiger partial charge in [0.15, 0.2) is 0 Å². The number of aromatic nitrogens is 1. The number of nitriles is 1. The Morgan fingerprint density at radius 3 is 3.00 bits per heavy atom. The van der Waals surface area contributed by atoms with E-state index in [0.717, 1.165) is 18.3 Å². The van der Waals surface area contributed by atoms with Gasteiger partial charge in [0, 0.05) is 13.6 Å². The van der Waals surface area contributed by atoms with Crippen LogP contribution in [-0.4, -0.2) is 18.6 Å². The number of pyridine rings is 1. The van der Waals surface area contributed by atoms with Crippen molar-refractivity contribution in [2.45, 2.75) is 12.8 Å². The van der Waals surface area contributed by atoms with Crippen molar-refractivity contribution < 1.29 is 0 Å². The van der Waals surface area contributed by atoms with E-state index in [1.807, 2.05) is 19.2 Å². The highest BCUT2D eigenvalue weighted by atomic mass is 15.2. The Labute approximate surface area is 84.0 Å². The van der Waals surface area contributed by atoms with Crippen LogP contribution in [0.1, 0.15) is 18.5 Å². The molecule has 1 saturated carbocycles. The van der Waals surface area contributed by atoms with Crippen molar-refractivity contribution in [2.75, 3.05) is 18.5 Å². The first kappa shape index (κ1) is 9.01. The summed E-state index contributed by atoms with van der Waals surface area (Å²) in [5.41, 5.74) is 0.491. The Bertz CT molecular complexity index is 363. The van der Waals surface area contributed by atoms with Crippen LogP contribution in [0, 0.1) is 17.2 Å². The minimum atomic E-state index is 0.491. The maximum atomic E-state index is 8.71. The fourth-order valence-corrected chi connectivity index (χ4v) is 1.48. The summed E-state index contributed by atoms with van der Waals surface area (Å²) in [7, 11) is 2.03. The Balaban J connectivity index is 2.09. The van der Waals surface area contributed by atoms with Crippen LogP contribution in [-0.2, 0) is 0 Å². The largest absolute Gasteiger partial charge is 0.359 e. The van der Waals surface area contributed by atoms with Crippen molar-refractivity contribution in [1.29, 1.82) is 5.26 Å². The van der Waals surface area contributed by atoms with Crippen molar-refractivity contribution in [2.24, 2.45) is 5.92 Å². The van der Waals surface area contributed by atoms with Crippen molar-refractivity contribution in [3.8, 4) is 6.07 Å². The van der Waals surface area contributed by atoms with E-state index in [4.69, 9.17) is 5.26 Å². The summed E-state index contributed by atoms with van der Waals surface area (Å²) in [6, 6.07) is 7.61. The van der Waals surface area contributed by atoms with Crippen molar-refractivity contribution in [3.05, 3.63) is 23.9 Å².